The van der Waals surface area contributed by atoms with Crippen LogP contribution < -0.4 is 40.8 Å². The predicted molar refractivity (Wildman–Crippen MR) is 34.8 cm³/mol. The molecule has 0 unspecified atom stereocenters. The maximum absolute atomic E-state index is 10.6. The van der Waals surface area contributed by atoms with Gasteiger partial charge in [-0.15, -0.1) is 4.91 Å². The minimum atomic E-state index is -1.01. The molecule has 0 aromatic carbocycles. The molecule has 12 heavy (non-hydrogen) atoms. The monoisotopic (exact) mass is 180 g/mol. The molecular formula is C4H3N3NaO4+. The summed E-state index contributed by atoms with van der Waals surface area (Å²) in [6, 6.07) is 0. The van der Waals surface area contributed by atoms with Gasteiger partial charge >= 0.3 is 35.2 Å². The maximum Gasteiger partial charge on any atom is 1.00 e. The number of aromatic nitrogens is 2. The molecule has 0 atom stereocenters. The van der Waals surface area contributed by atoms with Gasteiger partial charge < -0.3 is 5.11 Å². The second-order valence-corrected chi connectivity index (χ2v) is 1.70. The SMILES string of the molecule is O=Nc1c(O)[nH]c(=O)[nH]c1=O.[Na+]. The van der Waals surface area contributed by atoms with Crippen molar-refractivity contribution in [2.75, 3.05) is 0 Å². The van der Waals surface area contributed by atoms with Crippen LogP contribution in [0, 0.1) is 4.91 Å². The number of nitroso groups, excluding NO2 is 1. The summed E-state index contributed by atoms with van der Waals surface area (Å²) < 4.78 is 0. The van der Waals surface area contributed by atoms with E-state index in [0.717, 1.165) is 0 Å². The Morgan fingerprint density at radius 1 is 1.25 bits per heavy atom. The van der Waals surface area contributed by atoms with Gasteiger partial charge in [-0.05, 0) is 5.18 Å². The summed E-state index contributed by atoms with van der Waals surface area (Å²) >= 11 is 0. The van der Waals surface area contributed by atoms with E-state index in [1.807, 2.05) is 0 Å². The molecule has 58 valence electrons. The minimum Gasteiger partial charge on any atom is -0.493 e. The average molecular weight is 180 g/mol. The third-order valence-corrected chi connectivity index (χ3v) is 0.990. The molecule has 0 aliphatic heterocycles. The van der Waals surface area contributed by atoms with Gasteiger partial charge in [-0.2, -0.15) is 0 Å². The van der Waals surface area contributed by atoms with Crippen LogP contribution in [-0.2, 0) is 0 Å². The third-order valence-electron chi connectivity index (χ3n) is 0.990. The molecule has 0 saturated heterocycles. The summed E-state index contributed by atoms with van der Waals surface area (Å²) in [7, 11) is 0. The molecule has 0 fully saturated rings. The molecule has 3 N–H and O–H groups in total. The summed E-state index contributed by atoms with van der Waals surface area (Å²) in [6.07, 6.45) is 0. The fraction of sp³-hybridized carbons (Fsp3) is 0. The number of nitrogens with one attached hydrogen (secondary N) is 2. The first-order valence-electron chi connectivity index (χ1n) is 2.54. The molecular weight excluding hydrogens is 177 g/mol. The van der Waals surface area contributed by atoms with E-state index >= 15 is 0 Å². The third kappa shape index (κ3) is 2.03. The second-order valence-electron chi connectivity index (χ2n) is 1.70. The van der Waals surface area contributed by atoms with Crippen molar-refractivity contribution in [2.24, 2.45) is 5.18 Å². The number of hydrogen-bond donors (Lipinski definition) is 3. The molecule has 0 aliphatic rings. The van der Waals surface area contributed by atoms with E-state index in [0.29, 0.717) is 0 Å². The molecule has 0 saturated carbocycles. The van der Waals surface area contributed by atoms with Crippen LogP contribution in [0.1, 0.15) is 0 Å². The Labute approximate surface area is 87.1 Å². The summed E-state index contributed by atoms with van der Waals surface area (Å²) in [5.74, 6) is -0.825. The first kappa shape index (κ1) is 11.1. The van der Waals surface area contributed by atoms with Crippen molar-refractivity contribution in [1.82, 2.24) is 9.97 Å². The van der Waals surface area contributed by atoms with E-state index in [1.165, 1.54) is 0 Å². The Balaban J connectivity index is 0.00000121. The normalized spacial score (nSPS) is 8.67. The Hall–Kier alpha value is -0.920. The molecule has 8 heteroatoms. The standard InChI is InChI=1S/C4H3N3O4.Na/c8-2-1(7-11)3(9)6-4(10)5-2;/h(H3,5,6,8,9,10);/q;+1. The van der Waals surface area contributed by atoms with Crippen LogP contribution in [0.25, 0.3) is 0 Å². The maximum atomic E-state index is 10.6. The smallest absolute Gasteiger partial charge is 0.493 e. The largest absolute Gasteiger partial charge is 1.00 e. The van der Waals surface area contributed by atoms with E-state index in [4.69, 9.17) is 5.11 Å². The van der Waals surface area contributed by atoms with Crippen molar-refractivity contribution >= 4 is 5.69 Å². The molecule has 1 aromatic rings. The van der Waals surface area contributed by atoms with Crippen LogP contribution in [0.5, 0.6) is 5.88 Å². The molecule has 1 rings (SSSR count). The fourth-order valence-corrected chi connectivity index (χ4v) is 0.553. The second kappa shape index (κ2) is 4.19. The zero-order valence-corrected chi connectivity index (χ0v) is 8.12. The van der Waals surface area contributed by atoms with Gasteiger partial charge in [0.1, 0.15) is 0 Å². The first-order chi connectivity index (χ1) is 5.15. The van der Waals surface area contributed by atoms with Crippen molar-refractivity contribution in [3.8, 4) is 5.88 Å². The molecule has 7 nitrogen and oxygen atoms in total. The zero-order chi connectivity index (χ0) is 8.43. The van der Waals surface area contributed by atoms with E-state index < -0.39 is 22.8 Å². The van der Waals surface area contributed by atoms with Crippen LogP contribution >= 0.6 is 0 Å². The fourth-order valence-electron chi connectivity index (χ4n) is 0.553. The number of hydrogen-bond acceptors (Lipinski definition) is 5. The van der Waals surface area contributed by atoms with Crippen LogP contribution in [-0.4, -0.2) is 15.1 Å². The van der Waals surface area contributed by atoms with Gasteiger partial charge in [0.25, 0.3) is 5.56 Å². The van der Waals surface area contributed by atoms with Crippen LogP contribution in [0.3, 0.4) is 0 Å². The van der Waals surface area contributed by atoms with E-state index in [-0.39, 0.29) is 29.6 Å². The summed E-state index contributed by atoms with van der Waals surface area (Å²) in [5, 5.41) is 10.9. The molecule has 0 bridgehead atoms. The Bertz CT molecular complexity index is 394. The molecule has 0 radical (unpaired) electrons. The van der Waals surface area contributed by atoms with Crippen LogP contribution in [0.15, 0.2) is 14.8 Å². The van der Waals surface area contributed by atoms with Crippen molar-refractivity contribution in [2.45, 2.75) is 0 Å². The number of rotatable bonds is 1. The summed E-state index contributed by atoms with van der Waals surface area (Å²) in [5.41, 5.74) is -2.63. The average Bonchev–Trinajstić information content (AvgIpc) is 1.85. The van der Waals surface area contributed by atoms with E-state index in [1.54, 1.807) is 9.97 Å². The van der Waals surface area contributed by atoms with Crippen molar-refractivity contribution < 1.29 is 34.7 Å². The topological polar surface area (TPSA) is 115 Å². The van der Waals surface area contributed by atoms with Gasteiger partial charge in [0, 0.05) is 0 Å². The van der Waals surface area contributed by atoms with Gasteiger partial charge in [-0.25, -0.2) is 4.79 Å². The van der Waals surface area contributed by atoms with E-state index in [9.17, 15) is 14.5 Å². The summed E-state index contributed by atoms with van der Waals surface area (Å²) in [6.45, 7) is 0. The van der Waals surface area contributed by atoms with E-state index in [2.05, 4.69) is 5.18 Å². The first-order valence-corrected chi connectivity index (χ1v) is 2.54. The van der Waals surface area contributed by atoms with Gasteiger partial charge in [0.2, 0.25) is 11.6 Å². The van der Waals surface area contributed by atoms with Crippen LogP contribution in [0.4, 0.5) is 5.69 Å². The molecule has 1 aromatic heterocycles. The number of H-pyrrole nitrogens is 2. The molecule has 0 amide bonds. The van der Waals surface area contributed by atoms with Gasteiger partial charge in [0.05, 0.1) is 0 Å². The van der Waals surface area contributed by atoms with Gasteiger partial charge in [-0.3, -0.25) is 14.8 Å². The molecule has 1 heterocycles. The van der Waals surface area contributed by atoms with Gasteiger partial charge in [0.15, 0.2) is 0 Å². The zero-order valence-electron chi connectivity index (χ0n) is 6.12. The van der Waals surface area contributed by atoms with Gasteiger partial charge in [-0.1, -0.05) is 0 Å². The number of nitrogens with zero attached hydrogens (tertiary/aromatic N) is 1. The quantitative estimate of drug-likeness (QED) is 0.303. The predicted octanol–water partition coefficient (Wildman–Crippen LogP) is -3.83. The van der Waals surface area contributed by atoms with Crippen LogP contribution in [0.2, 0.25) is 0 Å². The van der Waals surface area contributed by atoms with Crippen molar-refractivity contribution in [3.05, 3.63) is 25.7 Å². The number of aromatic hydroxyl groups is 1. The Morgan fingerprint density at radius 2 is 1.83 bits per heavy atom. The van der Waals surface area contributed by atoms with Crippen molar-refractivity contribution in [3.63, 3.8) is 0 Å². The minimum absolute atomic E-state index is 0. The van der Waals surface area contributed by atoms with Crippen molar-refractivity contribution in [1.29, 1.82) is 0 Å². The Morgan fingerprint density at radius 3 is 2.25 bits per heavy atom. The Kier molecular flexibility index (Phi) is 3.87. The number of aromatic amines is 2. The molecule has 0 aliphatic carbocycles. The molecule has 0 spiro atoms. The summed E-state index contributed by atoms with van der Waals surface area (Å²) in [4.78, 5) is 34.2.